The van der Waals surface area contributed by atoms with Gasteiger partial charge in [-0.25, -0.2) is 4.98 Å². The topological polar surface area (TPSA) is 69.5 Å². The third kappa shape index (κ3) is 6.21. The van der Waals surface area contributed by atoms with Crippen LogP contribution in [0, 0.1) is 18.3 Å². The molecule has 0 atom stereocenters. The van der Waals surface area contributed by atoms with Crippen LogP contribution in [0.2, 0.25) is 0 Å². The summed E-state index contributed by atoms with van der Waals surface area (Å²) in [6.45, 7) is 5.50. The Balaban J connectivity index is 1.28. The van der Waals surface area contributed by atoms with Crippen LogP contribution in [0.4, 0.5) is 5.69 Å². The summed E-state index contributed by atoms with van der Waals surface area (Å²) in [5.41, 5.74) is 3.63. The van der Waals surface area contributed by atoms with Gasteiger partial charge in [-0.05, 0) is 61.4 Å². The predicted octanol–water partition coefficient (Wildman–Crippen LogP) is 4.65. The third-order valence-electron chi connectivity index (χ3n) is 5.52. The Hall–Kier alpha value is -3.63. The molecule has 2 aromatic carbocycles. The molecule has 1 saturated heterocycles. The van der Waals surface area contributed by atoms with Crippen LogP contribution >= 0.6 is 11.3 Å². The molecular weight excluding hydrogens is 432 g/mol. The molecule has 6 nitrogen and oxygen atoms in total. The number of thiazole rings is 1. The second-order valence-electron chi connectivity index (χ2n) is 7.87. The fraction of sp³-hybridized carbons (Fsp3) is 0.269. The Morgan fingerprint density at radius 2 is 1.91 bits per heavy atom. The minimum atomic E-state index is 0.0240. The van der Waals surface area contributed by atoms with Gasteiger partial charge in [-0.2, -0.15) is 5.26 Å². The lowest BCUT2D eigenvalue weighted by Crippen LogP contribution is -2.34. The van der Waals surface area contributed by atoms with Crippen LogP contribution in [0.1, 0.15) is 28.2 Å². The number of rotatable bonds is 6. The van der Waals surface area contributed by atoms with E-state index in [4.69, 9.17) is 10.00 Å². The highest BCUT2D eigenvalue weighted by Crippen LogP contribution is 2.19. The summed E-state index contributed by atoms with van der Waals surface area (Å²) in [6.07, 6.45) is 4.40. The van der Waals surface area contributed by atoms with E-state index in [-0.39, 0.29) is 5.91 Å². The maximum Gasteiger partial charge on any atom is 0.246 e. The van der Waals surface area contributed by atoms with Gasteiger partial charge in [0, 0.05) is 43.3 Å². The number of nitrogens with zero attached hydrogens (tertiary/aromatic N) is 4. The number of amides is 1. The quantitative estimate of drug-likeness (QED) is 0.503. The summed E-state index contributed by atoms with van der Waals surface area (Å²) in [5.74, 6) is 0.801. The molecule has 0 bridgehead atoms. The van der Waals surface area contributed by atoms with Crippen LogP contribution in [-0.4, -0.2) is 42.0 Å². The number of hydrogen-bond donors (Lipinski definition) is 0. The molecule has 1 fully saturated rings. The van der Waals surface area contributed by atoms with Gasteiger partial charge >= 0.3 is 0 Å². The standard InChI is InChI=1S/C26H26N4O2S/c1-20-28-23(19-33-20)18-32-25-10-5-21(6-11-25)7-12-26(31)30-14-2-13-29(15-16-30)24-8-3-22(17-27)4-9-24/h3-12,19H,2,13-16,18H2,1H3/b12-7+. The molecule has 0 saturated carbocycles. The Bertz CT molecular complexity index is 1150. The maximum absolute atomic E-state index is 12.7. The summed E-state index contributed by atoms with van der Waals surface area (Å²) in [4.78, 5) is 21.3. The SMILES string of the molecule is Cc1nc(COc2ccc(/C=C/C(=O)N3CCCN(c4ccc(C#N)cc4)CC3)cc2)cs1. The smallest absolute Gasteiger partial charge is 0.246 e. The van der Waals surface area contributed by atoms with Crippen molar-refractivity contribution < 1.29 is 9.53 Å². The normalized spacial score (nSPS) is 14.2. The number of carbonyl (C=O) groups is 1. The molecule has 1 aromatic heterocycles. The molecule has 0 N–H and O–H groups in total. The van der Waals surface area contributed by atoms with Gasteiger partial charge in [0.15, 0.2) is 0 Å². The van der Waals surface area contributed by atoms with Crippen molar-refractivity contribution in [2.45, 2.75) is 20.0 Å². The number of aryl methyl sites for hydroxylation is 1. The van der Waals surface area contributed by atoms with Crippen LogP contribution in [-0.2, 0) is 11.4 Å². The van der Waals surface area contributed by atoms with Gasteiger partial charge in [-0.3, -0.25) is 4.79 Å². The highest BCUT2D eigenvalue weighted by Gasteiger charge is 2.17. The molecule has 33 heavy (non-hydrogen) atoms. The lowest BCUT2D eigenvalue weighted by atomic mass is 10.2. The average molecular weight is 459 g/mol. The summed E-state index contributed by atoms with van der Waals surface area (Å²) in [5, 5.41) is 12.0. The van der Waals surface area contributed by atoms with Crippen molar-refractivity contribution in [3.63, 3.8) is 0 Å². The predicted molar refractivity (Wildman–Crippen MR) is 131 cm³/mol. The fourth-order valence-corrected chi connectivity index (χ4v) is 4.32. The van der Waals surface area contributed by atoms with Crippen molar-refractivity contribution in [1.82, 2.24) is 9.88 Å². The molecule has 0 spiro atoms. The van der Waals surface area contributed by atoms with E-state index in [0.29, 0.717) is 18.7 Å². The maximum atomic E-state index is 12.7. The molecule has 0 aliphatic carbocycles. The first-order valence-corrected chi connectivity index (χ1v) is 11.8. The van der Waals surface area contributed by atoms with E-state index in [1.165, 1.54) is 0 Å². The van der Waals surface area contributed by atoms with Gasteiger partial charge in [-0.15, -0.1) is 11.3 Å². The zero-order chi connectivity index (χ0) is 23.0. The molecule has 1 amide bonds. The van der Waals surface area contributed by atoms with Crippen LogP contribution in [0.15, 0.2) is 60.0 Å². The van der Waals surface area contributed by atoms with Gasteiger partial charge in [0.25, 0.3) is 0 Å². The number of ether oxygens (including phenoxy) is 1. The van der Waals surface area contributed by atoms with E-state index >= 15 is 0 Å². The molecule has 1 aliphatic heterocycles. The number of nitriles is 1. The number of benzene rings is 2. The van der Waals surface area contributed by atoms with Crippen LogP contribution in [0.3, 0.4) is 0 Å². The molecule has 7 heteroatoms. The molecular formula is C26H26N4O2S. The van der Waals surface area contributed by atoms with Crippen molar-refractivity contribution in [2.24, 2.45) is 0 Å². The molecule has 2 heterocycles. The molecule has 1 aliphatic rings. The first-order valence-electron chi connectivity index (χ1n) is 11.0. The number of hydrogen-bond acceptors (Lipinski definition) is 6. The summed E-state index contributed by atoms with van der Waals surface area (Å²) < 4.78 is 5.78. The second-order valence-corrected chi connectivity index (χ2v) is 8.94. The Morgan fingerprint density at radius 3 is 2.61 bits per heavy atom. The van der Waals surface area contributed by atoms with Crippen LogP contribution in [0.5, 0.6) is 5.75 Å². The van der Waals surface area contributed by atoms with Crippen LogP contribution in [0.25, 0.3) is 6.08 Å². The Morgan fingerprint density at radius 1 is 1.12 bits per heavy atom. The van der Waals surface area contributed by atoms with Crippen molar-refractivity contribution in [1.29, 1.82) is 5.26 Å². The number of carbonyl (C=O) groups excluding carboxylic acids is 1. The molecule has 0 unspecified atom stereocenters. The zero-order valence-electron chi connectivity index (χ0n) is 18.6. The highest BCUT2D eigenvalue weighted by molar-refractivity contribution is 7.09. The fourth-order valence-electron chi connectivity index (χ4n) is 3.72. The third-order valence-corrected chi connectivity index (χ3v) is 6.34. The van der Waals surface area contributed by atoms with E-state index in [1.54, 1.807) is 17.4 Å². The molecule has 168 valence electrons. The van der Waals surface area contributed by atoms with E-state index in [1.807, 2.05) is 71.8 Å². The first-order chi connectivity index (χ1) is 16.1. The minimum absolute atomic E-state index is 0.0240. The van der Waals surface area contributed by atoms with E-state index in [9.17, 15) is 4.79 Å². The molecule has 0 radical (unpaired) electrons. The largest absolute Gasteiger partial charge is 0.487 e. The van der Waals surface area contributed by atoms with E-state index in [2.05, 4.69) is 16.0 Å². The van der Waals surface area contributed by atoms with Crippen molar-refractivity contribution in [3.05, 3.63) is 81.8 Å². The van der Waals surface area contributed by atoms with Crippen LogP contribution < -0.4 is 9.64 Å². The van der Waals surface area contributed by atoms with Crippen molar-refractivity contribution in [2.75, 3.05) is 31.1 Å². The first kappa shape index (κ1) is 22.6. The Kier molecular flexibility index (Phi) is 7.38. The van der Waals surface area contributed by atoms with Crippen molar-refractivity contribution >= 4 is 29.0 Å². The van der Waals surface area contributed by atoms with E-state index in [0.717, 1.165) is 53.8 Å². The number of anilines is 1. The van der Waals surface area contributed by atoms with Gasteiger partial charge in [0.05, 0.1) is 22.3 Å². The van der Waals surface area contributed by atoms with Gasteiger partial charge in [-0.1, -0.05) is 12.1 Å². The summed E-state index contributed by atoms with van der Waals surface area (Å²) in [6, 6.07) is 17.5. The van der Waals surface area contributed by atoms with Gasteiger partial charge < -0.3 is 14.5 Å². The van der Waals surface area contributed by atoms with Crippen molar-refractivity contribution in [3.8, 4) is 11.8 Å². The summed E-state index contributed by atoms with van der Waals surface area (Å²) in [7, 11) is 0. The molecule has 4 rings (SSSR count). The van der Waals surface area contributed by atoms with Gasteiger partial charge in [0.2, 0.25) is 5.91 Å². The highest BCUT2D eigenvalue weighted by atomic mass is 32.1. The Labute approximate surface area is 198 Å². The lowest BCUT2D eigenvalue weighted by molar-refractivity contribution is -0.125. The monoisotopic (exact) mass is 458 g/mol. The zero-order valence-corrected chi connectivity index (χ0v) is 19.4. The second kappa shape index (κ2) is 10.8. The lowest BCUT2D eigenvalue weighted by Gasteiger charge is -2.23. The molecule has 3 aromatic rings. The minimum Gasteiger partial charge on any atom is -0.487 e. The van der Waals surface area contributed by atoms with E-state index < -0.39 is 0 Å². The average Bonchev–Trinajstić information content (AvgIpc) is 3.11. The number of aromatic nitrogens is 1. The summed E-state index contributed by atoms with van der Waals surface area (Å²) >= 11 is 1.62. The van der Waals surface area contributed by atoms with Gasteiger partial charge in [0.1, 0.15) is 12.4 Å².